The standard InChI is InChI=1S/C59H39NO2/c1-2-3-22-44(33-39-27-31-56-50(34-39)51-35-40-16-10-11-17-41(40)36-58(51)62-56)60(45-29-32-57-52(37-45)49-24-13-15-26-55(49)61-57)46-28-30-48-47-23-12-14-25-53(47)59(54(48)38-46,42-18-6-4-7-19-42)43-20-8-5-9-21-43/h2-38H,1H2/b22-3-,44-33-. The molecule has 0 N–H and O–H groups in total. The molecule has 0 bridgehead atoms. The normalized spacial score (nSPS) is 13.4. The van der Waals surface area contributed by atoms with Gasteiger partial charge in [-0.3, -0.25) is 0 Å². The summed E-state index contributed by atoms with van der Waals surface area (Å²) in [6.07, 6.45) is 8.27. The van der Waals surface area contributed by atoms with Gasteiger partial charge in [-0.25, -0.2) is 0 Å². The van der Waals surface area contributed by atoms with Crippen molar-refractivity contribution in [2.75, 3.05) is 4.90 Å². The Morgan fingerprint density at radius 3 is 1.82 bits per heavy atom. The number of allylic oxidation sites excluding steroid dienone is 3. The third kappa shape index (κ3) is 5.52. The second-order valence-electron chi connectivity index (χ2n) is 16.1. The Kier molecular flexibility index (Phi) is 8.23. The van der Waals surface area contributed by atoms with Crippen LogP contribution in [0.1, 0.15) is 27.8 Å². The van der Waals surface area contributed by atoms with E-state index in [-0.39, 0.29) is 0 Å². The third-order valence-electron chi connectivity index (χ3n) is 12.7. The molecule has 0 spiro atoms. The van der Waals surface area contributed by atoms with Gasteiger partial charge in [0.2, 0.25) is 0 Å². The molecule has 0 saturated carbocycles. The molecule has 3 heteroatoms. The van der Waals surface area contributed by atoms with Crippen LogP contribution in [0.2, 0.25) is 0 Å². The number of hydrogen-bond donors (Lipinski definition) is 0. The lowest BCUT2D eigenvalue weighted by atomic mass is 9.67. The largest absolute Gasteiger partial charge is 0.456 e. The Morgan fingerprint density at radius 2 is 1.03 bits per heavy atom. The number of nitrogens with zero attached hydrogens (tertiary/aromatic N) is 1. The number of anilines is 2. The highest BCUT2D eigenvalue weighted by atomic mass is 16.3. The van der Waals surface area contributed by atoms with E-state index >= 15 is 0 Å². The van der Waals surface area contributed by atoms with Gasteiger partial charge in [0.05, 0.1) is 5.41 Å². The first kappa shape index (κ1) is 35.8. The molecule has 62 heavy (non-hydrogen) atoms. The van der Waals surface area contributed by atoms with Crippen molar-refractivity contribution < 1.29 is 8.83 Å². The van der Waals surface area contributed by atoms with Gasteiger partial charge in [0.1, 0.15) is 22.3 Å². The molecular weight excluding hydrogens is 755 g/mol. The number of fused-ring (bicyclic) bond motifs is 10. The van der Waals surface area contributed by atoms with Gasteiger partial charge in [-0.05, 0) is 123 Å². The van der Waals surface area contributed by atoms with Gasteiger partial charge in [-0.1, -0.05) is 158 Å². The second-order valence-corrected chi connectivity index (χ2v) is 16.1. The van der Waals surface area contributed by atoms with Gasteiger partial charge in [0, 0.05) is 38.6 Å². The van der Waals surface area contributed by atoms with Crippen LogP contribution >= 0.6 is 0 Å². The molecule has 0 atom stereocenters. The highest BCUT2D eigenvalue weighted by Gasteiger charge is 2.46. The molecule has 0 radical (unpaired) electrons. The molecule has 0 fully saturated rings. The van der Waals surface area contributed by atoms with Crippen molar-refractivity contribution >= 4 is 72.1 Å². The smallest absolute Gasteiger partial charge is 0.136 e. The van der Waals surface area contributed by atoms with Gasteiger partial charge in [-0.2, -0.15) is 0 Å². The molecule has 0 saturated heterocycles. The van der Waals surface area contributed by atoms with Crippen LogP contribution in [0, 0.1) is 0 Å². The Balaban J connectivity index is 1.12. The second kappa shape index (κ2) is 14.3. The van der Waals surface area contributed by atoms with E-state index in [4.69, 9.17) is 8.83 Å². The first-order valence-corrected chi connectivity index (χ1v) is 21.1. The van der Waals surface area contributed by atoms with Crippen molar-refractivity contribution in [1.82, 2.24) is 0 Å². The summed E-state index contributed by atoms with van der Waals surface area (Å²) >= 11 is 0. The van der Waals surface area contributed by atoms with E-state index < -0.39 is 5.41 Å². The van der Waals surface area contributed by atoms with Crippen molar-refractivity contribution in [3.05, 3.63) is 259 Å². The Morgan fingerprint density at radius 1 is 0.452 bits per heavy atom. The first-order chi connectivity index (χ1) is 30.7. The Bertz CT molecular complexity index is 3570. The van der Waals surface area contributed by atoms with Gasteiger partial charge >= 0.3 is 0 Å². The molecule has 0 unspecified atom stereocenters. The first-order valence-electron chi connectivity index (χ1n) is 21.1. The Hall–Kier alpha value is -8.14. The maximum Gasteiger partial charge on any atom is 0.136 e. The zero-order chi connectivity index (χ0) is 41.2. The van der Waals surface area contributed by atoms with E-state index in [1.165, 1.54) is 38.8 Å². The lowest BCUT2D eigenvalue weighted by Gasteiger charge is -2.35. The Labute approximate surface area is 359 Å². The van der Waals surface area contributed by atoms with Crippen molar-refractivity contribution in [3.8, 4) is 11.1 Å². The number of benzene rings is 9. The predicted octanol–water partition coefficient (Wildman–Crippen LogP) is 15.9. The van der Waals surface area contributed by atoms with Gasteiger partial charge < -0.3 is 13.7 Å². The van der Waals surface area contributed by atoms with E-state index in [1.807, 2.05) is 24.3 Å². The molecule has 3 nitrogen and oxygen atoms in total. The molecule has 2 aromatic heterocycles. The molecule has 1 aliphatic rings. The molecule has 292 valence electrons. The van der Waals surface area contributed by atoms with Crippen molar-refractivity contribution in [1.29, 1.82) is 0 Å². The topological polar surface area (TPSA) is 29.5 Å². The van der Waals surface area contributed by atoms with E-state index in [0.717, 1.165) is 71.9 Å². The van der Waals surface area contributed by atoms with Crippen LogP contribution in [-0.4, -0.2) is 0 Å². The molecular formula is C59H39NO2. The van der Waals surface area contributed by atoms with Crippen LogP contribution < -0.4 is 4.90 Å². The van der Waals surface area contributed by atoms with Crippen LogP contribution in [0.3, 0.4) is 0 Å². The molecule has 2 heterocycles. The van der Waals surface area contributed by atoms with Crippen molar-refractivity contribution in [3.63, 3.8) is 0 Å². The van der Waals surface area contributed by atoms with Gasteiger partial charge in [0.15, 0.2) is 0 Å². The molecule has 0 amide bonds. The fourth-order valence-electron chi connectivity index (χ4n) is 9.97. The zero-order valence-corrected chi connectivity index (χ0v) is 33.8. The predicted molar refractivity (Wildman–Crippen MR) is 258 cm³/mol. The van der Waals surface area contributed by atoms with Crippen molar-refractivity contribution in [2.24, 2.45) is 0 Å². The third-order valence-corrected chi connectivity index (χ3v) is 12.7. The number of para-hydroxylation sites is 1. The summed E-state index contributed by atoms with van der Waals surface area (Å²) in [7, 11) is 0. The average Bonchev–Trinajstić information content (AvgIpc) is 3.98. The maximum atomic E-state index is 6.43. The molecule has 9 aromatic carbocycles. The minimum absolute atomic E-state index is 0.556. The molecule has 11 aromatic rings. The van der Waals surface area contributed by atoms with Crippen LogP contribution in [-0.2, 0) is 5.41 Å². The van der Waals surface area contributed by atoms with Crippen LogP contribution in [0.15, 0.2) is 240 Å². The summed E-state index contributed by atoms with van der Waals surface area (Å²) < 4.78 is 12.8. The minimum atomic E-state index is -0.556. The summed E-state index contributed by atoms with van der Waals surface area (Å²) in [6.45, 7) is 4.10. The fourth-order valence-corrected chi connectivity index (χ4v) is 9.97. The zero-order valence-electron chi connectivity index (χ0n) is 33.8. The summed E-state index contributed by atoms with van der Waals surface area (Å²) in [5.41, 5.74) is 14.4. The highest BCUT2D eigenvalue weighted by Crippen LogP contribution is 2.57. The lowest BCUT2D eigenvalue weighted by Crippen LogP contribution is -2.28. The summed E-state index contributed by atoms with van der Waals surface area (Å²) in [5.74, 6) is 0. The molecule has 1 aliphatic carbocycles. The SMILES string of the molecule is C=C/C=C\C(=C\c1ccc2oc3cc4ccccc4cc3c2c1)N(c1ccc2c(c1)C(c1ccccc1)(c1ccccc1)c1ccccc1-2)c1ccc2oc3ccccc3c2c1. The van der Waals surface area contributed by atoms with E-state index in [2.05, 4.69) is 212 Å². The number of hydrogen-bond acceptors (Lipinski definition) is 3. The quantitative estimate of drug-likeness (QED) is 0.144. The van der Waals surface area contributed by atoms with Gasteiger partial charge in [0.25, 0.3) is 0 Å². The van der Waals surface area contributed by atoms with Crippen LogP contribution in [0.5, 0.6) is 0 Å². The minimum Gasteiger partial charge on any atom is -0.456 e. The van der Waals surface area contributed by atoms with Gasteiger partial charge in [-0.15, -0.1) is 0 Å². The van der Waals surface area contributed by atoms with E-state index in [9.17, 15) is 0 Å². The number of furan rings is 2. The van der Waals surface area contributed by atoms with Crippen LogP contribution in [0.4, 0.5) is 11.4 Å². The fraction of sp³-hybridized carbons (Fsp3) is 0.0169. The average molecular weight is 794 g/mol. The summed E-state index contributed by atoms with van der Waals surface area (Å²) in [5, 5.41) is 6.67. The summed E-state index contributed by atoms with van der Waals surface area (Å²) in [6, 6.07) is 72.0. The summed E-state index contributed by atoms with van der Waals surface area (Å²) in [4.78, 5) is 2.37. The van der Waals surface area contributed by atoms with E-state index in [1.54, 1.807) is 0 Å². The maximum absolute atomic E-state index is 6.43. The van der Waals surface area contributed by atoms with E-state index in [0.29, 0.717) is 0 Å². The highest BCUT2D eigenvalue weighted by molar-refractivity contribution is 6.11. The van der Waals surface area contributed by atoms with Crippen molar-refractivity contribution in [2.45, 2.75) is 5.41 Å². The molecule has 0 aliphatic heterocycles. The molecule has 12 rings (SSSR count). The number of rotatable bonds is 8. The monoisotopic (exact) mass is 793 g/mol. The lowest BCUT2D eigenvalue weighted by molar-refractivity contribution is 0.668. The van der Waals surface area contributed by atoms with Crippen LogP contribution in [0.25, 0.3) is 71.9 Å².